The van der Waals surface area contributed by atoms with Gasteiger partial charge in [-0.3, -0.25) is 9.59 Å². The summed E-state index contributed by atoms with van der Waals surface area (Å²) >= 11 is 0. The Morgan fingerprint density at radius 3 is 2.46 bits per heavy atom. The van der Waals surface area contributed by atoms with Gasteiger partial charge in [-0.1, -0.05) is 18.2 Å². The van der Waals surface area contributed by atoms with Crippen molar-refractivity contribution in [3.05, 3.63) is 74.7 Å². The summed E-state index contributed by atoms with van der Waals surface area (Å²) in [4.78, 5) is 33.8. The molecule has 2 aromatic rings. The van der Waals surface area contributed by atoms with Crippen LogP contribution in [0.5, 0.6) is 0 Å². The minimum absolute atomic E-state index is 0.110. The van der Waals surface area contributed by atoms with Crippen LogP contribution in [0.25, 0.3) is 0 Å². The molecule has 6 heteroatoms. The van der Waals surface area contributed by atoms with E-state index in [1.165, 1.54) is 31.4 Å². The van der Waals surface area contributed by atoms with Crippen molar-refractivity contribution in [1.82, 2.24) is 15.2 Å². The first-order valence-electron chi connectivity index (χ1n) is 13.1. The molecule has 188 valence electrons. The highest BCUT2D eigenvalue weighted by Gasteiger charge is 2.28. The van der Waals surface area contributed by atoms with Gasteiger partial charge in [-0.15, -0.1) is 0 Å². The number of aryl methyl sites for hydroxylation is 2. The molecule has 0 saturated heterocycles. The molecule has 1 aliphatic heterocycles. The van der Waals surface area contributed by atoms with Gasteiger partial charge in [-0.25, -0.2) is 0 Å². The van der Waals surface area contributed by atoms with Crippen LogP contribution in [0.15, 0.2) is 41.2 Å². The standard InChI is InChI=1S/C29H40N4O2/c1-5-33(23-16-14-22(15-17-23)32(3)4)27-13-9-12-25-24(27)11-8-6-7-10-21-18-20(2)31-29(35)26(21)19-30-28(25)34/h6,8-9,12-13,18,22-23H,5,7,10-11,14-17,19H2,1-4H3,(H,30,34)(H,31,35)/b8-6+. The Bertz CT molecular complexity index is 1130. The maximum Gasteiger partial charge on any atom is 0.253 e. The predicted octanol–water partition coefficient (Wildman–Crippen LogP) is 4.36. The number of hydrogen-bond acceptors (Lipinski definition) is 4. The molecule has 1 aromatic heterocycles. The van der Waals surface area contributed by atoms with Crippen LogP contribution in [-0.4, -0.2) is 48.5 Å². The quantitative estimate of drug-likeness (QED) is 0.644. The number of amides is 1. The molecule has 35 heavy (non-hydrogen) atoms. The molecular weight excluding hydrogens is 436 g/mol. The second kappa shape index (κ2) is 11.3. The monoisotopic (exact) mass is 476 g/mol. The van der Waals surface area contributed by atoms with E-state index in [1.54, 1.807) is 0 Å². The summed E-state index contributed by atoms with van der Waals surface area (Å²) in [7, 11) is 4.36. The Balaban J connectivity index is 1.64. The molecule has 0 bridgehead atoms. The number of carbonyl (C=O) groups is 1. The average Bonchev–Trinajstić information content (AvgIpc) is 2.83. The topological polar surface area (TPSA) is 68.4 Å². The summed E-state index contributed by atoms with van der Waals surface area (Å²) in [6.45, 7) is 5.27. The third kappa shape index (κ3) is 5.69. The normalized spacial score (nSPS) is 21.8. The van der Waals surface area contributed by atoms with E-state index < -0.39 is 0 Å². The van der Waals surface area contributed by atoms with Crippen LogP contribution in [0.4, 0.5) is 5.69 Å². The van der Waals surface area contributed by atoms with Gasteiger partial charge in [0.15, 0.2) is 0 Å². The fourth-order valence-electron chi connectivity index (χ4n) is 5.81. The first-order chi connectivity index (χ1) is 16.9. The van der Waals surface area contributed by atoms with Gasteiger partial charge in [0.25, 0.3) is 11.5 Å². The zero-order chi connectivity index (χ0) is 24.9. The van der Waals surface area contributed by atoms with Gasteiger partial charge in [-0.05, 0) is 102 Å². The molecule has 4 rings (SSSR count). The van der Waals surface area contributed by atoms with Gasteiger partial charge in [-0.2, -0.15) is 0 Å². The molecule has 0 unspecified atom stereocenters. The summed E-state index contributed by atoms with van der Waals surface area (Å²) in [5.74, 6) is -0.117. The second-order valence-electron chi connectivity index (χ2n) is 10.2. The summed E-state index contributed by atoms with van der Waals surface area (Å²) in [6.07, 6.45) is 11.5. The Labute approximate surface area is 209 Å². The number of benzene rings is 1. The number of pyridine rings is 1. The molecular formula is C29H40N4O2. The summed E-state index contributed by atoms with van der Waals surface area (Å²) < 4.78 is 0. The molecule has 0 atom stereocenters. The SMILES string of the molecule is CCN(c1cccc2c1C/C=C/CCc1cc(C)[nH]c(=O)c1CNC2=O)C1CCC(N(C)C)CC1. The number of allylic oxidation sites excluding steroid dienone is 2. The van der Waals surface area contributed by atoms with Crippen LogP contribution >= 0.6 is 0 Å². The van der Waals surface area contributed by atoms with Crippen molar-refractivity contribution in [1.29, 1.82) is 0 Å². The Kier molecular flexibility index (Phi) is 8.11. The van der Waals surface area contributed by atoms with E-state index in [1.807, 2.05) is 25.1 Å². The highest BCUT2D eigenvalue weighted by Crippen LogP contribution is 2.33. The lowest BCUT2D eigenvalue weighted by atomic mass is 9.88. The smallest absolute Gasteiger partial charge is 0.253 e. The number of rotatable bonds is 4. The van der Waals surface area contributed by atoms with Crippen molar-refractivity contribution in [3.8, 4) is 0 Å². The van der Waals surface area contributed by atoms with Gasteiger partial charge >= 0.3 is 0 Å². The van der Waals surface area contributed by atoms with Gasteiger partial charge in [0.1, 0.15) is 0 Å². The van der Waals surface area contributed by atoms with E-state index in [0.29, 0.717) is 23.2 Å². The zero-order valence-corrected chi connectivity index (χ0v) is 21.7. The van der Waals surface area contributed by atoms with Crippen molar-refractivity contribution in [2.45, 2.75) is 77.4 Å². The lowest BCUT2D eigenvalue weighted by Crippen LogP contribution is -2.42. The van der Waals surface area contributed by atoms with Crippen LogP contribution < -0.4 is 15.8 Å². The lowest BCUT2D eigenvalue weighted by Gasteiger charge is -2.40. The van der Waals surface area contributed by atoms with Crippen LogP contribution in [0.2, 0.25) is 0 Å². The number of fused-ring (bicyclic) bond motifs is 2. The van der Waals surface area contributed by atoms with Crippen molar-refractivity contribution in [3.63, 3.8) is 0 Å². The molecule has 1 aliphatic carbocycles. The van der Waals surface area contributed by atoms with Gasteiger partial charge in [0, 0.05) is 47.7 Å². The summed E-state index contributed by atoms with van der Waals surface area (Å²) in [5.41, 5.74) is 5.37. The number of anilines is 1. The third-order valence-electron chi connectivity index (χ3n) is 7.74. The Hall–Kier alpha value is -2.86. The minimum Gasteiger partial charge on any atom is -0.369 e. The van der Waals surface area contributed by atoms with Gasteiger partial charge in [0.05, 0.1) is 0 Å². The highest BCUT2D eigenvalue weighted by atomic mass is 16.1. The largest absolute Gasteiger partial charge is 0.369 e. The fraction of sp³-hybridized carbons (Fsp3) is 0.517. The molecule has 2 aliphatic rings. The molecule has 2 heterocycles. The van der Waals surface area contributed by atoms with Crippen LogP contribution in [0, 0.1) is 6.92 Å². The number of carbonyl (C=O) groups excluding carboxylic acids is 1. The second-order valence-corrected chi connectivity index (χ2v) is 10.2. The van der Waals surface area contributed by atoms with Gasteiger partial charge in [0.2, 0.25) is 0 Å². The first kappa shape index (κ1) is 25.2. The summed E-state index contributed by atoms with van der Waals surface area (Å²) in [5, 5.41) is 3.05. The number of H-pyrrole nitrogens is 1. The van der Waals surface area contributed by atoms with E-state index >= 15 is 0 Å². The van der Waals surface area contributed by atoms with Crippen molar-refractivity contribution in [2.24, 2.45) is 0 Å². The van der Waals surface area contributed by atoms with Crippen LogP contribution in [-0.2, 0) is 19.4 Å². The molecule has 1 saturated carbocycles. The van der Waals surface area contributed by atoms with Gasteiger partial charge < -0.3 is 20.1 Å². The molecule has 6 nitrogen and oxygen atoms in total. The minimum atomic E-state index is -0.117. The maximum atomic E-state index is 13.4. The molecule has 2 N–H and O–H groups in total. The van der Waals surface area contributed by atoms with E-state index in [9.17, 15) is 9.59 Å². The van der Waals surface area contributed by atoms with E-state index in [-0.39, 0.29) is 18.0 Å². The van der Waals surface area contributed by atoms with E-state index in [0.717, 1.165) is 42.6 Å². The van der Waals surface area contributed by atoms with Crippen molar-refractivity contribution >= 4 is 11.6 Å². The third-order valence-corrected chi connectivity index (χ3v) is 7.74. The summed E-state index contributed by atoms with van der Waals surface area (Å²) in [6, 6.07) is 9.27. The number of nitrogens with zero attached hydrogens (tertiary/aromatic N) is 2. The predicted molar refractivity (Wildman–Crippen MR) is 143 cm³/mol. The first-order valence-corrected chi connectivity index (χ1v) is 13.1. The van der Waals surface area contributed by atoms with E-state index in [2.05, 4.69) is 59.3 Å². The van der Waals surface area contributed by atoms with E-state index in [4.69, 9.17) is 0 Å². The number of aromatic amines is 1. The Morgan fingerprint density at radius 2 is 1.74 bits per heavy atom. The highest BCUT2D eigenvalue weighted by molar-refractivity contribution is 5.97. The molecule has 0 radical (unpaired) electrons. The zero-order valence-electron chi connectivity index (χ0n) is 21.7. The maximum absolute atomic E-state index is 13.4. The van der Waals surface area contributed by atoms with Crippen LogP contribution in [0.1, 0.15) is 71.8 Å². The lowest BCUT2D eigenvalue weighted by molar-refractivity contribution is 0.0950. The molecule has 1 amide bonds. The Morgan fingerprint density at radius 1 is 1.00 bits per heavy atom. The molecule has 0 spiro atoms. The molecule has 1 fully saturated rings. The van der Waals surface area contributed by atoms with Crippen molar-refractivity contribution in [2.75, 3.05) is 25.5 Å². The fourth-order valence-corrected chi connectivity index (χ4v) is 5.81. The van der Waals surface area contributed by atoms with Crippen molar-refractivity contribution < 1.29 is 4.79 Å². The number of hydrogen-bond donors (Lipinski definition) is 2. The average molecular weight is 477 g/mol. The number of nitrogens with one attached hydrogen (secondary N) is 2. The molecule has 1 aromatic carbocycles. The number of aromatic nitrogens is 1. The van der Waals surface area contributed by atoms with Crippen LogP contribution in [0.3, 0.4) is 0 Å².